The molecule has 0 saturated heterocycles. The molecule has 6 nitrogen and oxygen atoms in total. The van der Waals surface area contributed by atoms with Crippen LogP contribution in [0.3, 0.4) is 0 Å². The number of fused-ring (bicyclic) bond motifs is 1. The predicted octanol–water partition coefficient (Wildman–Crippen LogP) is 6.00. The Balaban J connectivity index is 1.53. The molecule has 0 bridgehead atoms. The number of hydrogen-bond acceptors (Lipinski definition) is 4. The minimum absolute atomic E-state index is 0.0101. The van der Waals surface area contributed by atoms with Crippen LogP contribution in [0.25, 0.3) is 11.0 Å². The van der Waals surface area contributed by atoms with Gasteiger partial charge in [0.1, 0.15) is 5.75 Å². The number of carbonyl (C=O) groups excluding carboxylic acids is 1. The van der Waals surface area contributed by atoms with Gasteiger partial charge in [-0.1, -0.05) is 11.6 Å². The van der Waals surface area contributed by atoms with Crippen molar-refractivity contribution in [1.29, 1.82) is 0 Å². The van der Waals surface area contributed by atoms with Crippen LogP contribution < -0.4 is 15.4 Å². The molecule has 1 aromatic heterocycles. The second-order valence-corrected chi connectivity index (χ2v) is 6.60. The van der Waals surface area contributed by atoms with Crippen LogP contribution in [0.15, 0.2) is 67.0 Å². The predicted molar refractivity (Wildman–Crippen MR) is 110 cm³/mol. The summed E-state index contributed by atoms with van der Waals surface area (Å²) in [5, 5.41) is 5.51. The Hall–Kier alpha value is -3.78. The molecule has 9 heteroatoms. The van der Waals surface area contributed by atoms with E-state index in [2.05, 4.69) is 20.6 Å². The molecular weight excluding hydrogens is 414 g/mol. The van der Waals surface area contributed by atoms with E-state index in [1.807, 2.05) is 0 Å². The van der Waals surface area contributed by atoms with Gasteiger partial charge in [0.2, 0.25) is 5.82 Å². The Morgan fingerprint density at radius 2 is 1.57 bits per heavy atom. The van der Waals surface area contributed by atoms with Crippen LogP contribution in [0.1, 0.15) is 0 Å². The smallest absolute Gasteiger partial charge is 0.323 e. The van der Waals surface area contributed by atoms with Crippen molar-refractivity contribution in [1.82, 2.24) is 9.97 Å². The first kappa shape index (κ1) is 19.5. The summed E-state index contributed by atoms with van der Waals surface area (Å²) >= 11 is 5.80. The lowest BCUT2D eigenvalue weighted by atomic mass is 10.2. The highest BCUT2D eigenvalue weighted by atomic mass is 35.5. The number of anilines is 2. The van der Waals surface area contributed by atoms with Crippen LogP contribution >= 0.6 is 11.6 Å². The fraction of sp³-hybridized carbons (Fsp3) is 0. The van der Waals surface area contributed by atoms with E-state index in [0.29, 0.717) is 21.7 Å². The van der Waals surface area contributed by atoms with Gasteiger partial charge in [-0.3, -0.25) is 9.97 Å². The number of carbonyl (C=O) groups is 1. The molecule has 150 valence electrons. The van der Waals surface area contributed by atoms with Crippen molar-refractivity contribution in [3.05, 3.63) is 83.6 Å². The summed E-state index contributed by atoms with van der Waals surface area (Å²) in [5.41, 5.74) is 1.66. The topological polar surface area (TPSA) is 76.1 Å². The van der Waals surface area contributed by atoms with Crippen molar-refractivity contribution in [3.63, 3.8) is 0 Å². The van der Waals surface area contributed by atoms with Gasteiger partial charge in [-0.25, -0.2) is 9.18 Å². The highest BCUT2D eigenvalue weighted by Crippen LogP contribution is 2.30. The second-order valence-electron chi connectivity index (χ2n) is 6.17. The van der Waals surface area contributed by atoms with Gasteiger partial charge in [-0.05, 0) is 36.4 Å². The molecule has 0 fully saturated rings. The van der Waals surface area contributed by atoms with Gasteiger partial charge in [0.05, 0.1) is 11.0 Å². The van der Waals surface area contributed by atoms with E-state index in [9.17, 15) is 13.6 Å². The van der Waals surface area contributed by atoms with Crippen LogP contribution in [0.2, 0.25) is 5.02 Å². The Morgan fingerprint density at radius 1 is 0.867 bits per heavy atom. The van der Waals surface area contributed by atoms with Crippen LogP contribution in [0, 0.1) is 11.6 Å². The molecule has 4 aromatic rings. The van der Waals surface area contributed by atoms with Crippen LogP contribution in [-0.2, 0) is 0 Å². The van der Waals surface area contributed by atoms with E-state index in [1.54, 1.807) is 48.7 Å². The zero-order valence-electron chi connectivity index (χ0n) is 15.2. The Labute approximate surface area is 174 Å². The third-order valence-corrected chi connectivity index (χ3v) is 4.28. The lowest BCUT2D eigenvalue weighted by Crippen LogP contribution is -2.19. The van der Waals surface area contributed by atoms with Crippen molar-refractivity contribution >= 4 is 40.0 Å². The van der Waals surface area contributed by atoms with Crippen molar-refractivity contribution in [2.45, 2.75) is 0 Å². The molecular formula is C21H13ClF2N4O2. The van der Waals surface area contributed by atoms with E-state index in [4.69, 9.17) is 16.3 Å². The first-order valence-electron chi connectivity index (χ1n) is 8.69. The number of nitrogens with one attached hydrogen (secondary N) is 2. The molecule has 0 unspecified atom stereocenters. The van der Waals surface area contributed by atoms with Crippen molar-refractivity contribution in [2.75, 3.05) is 10.6 Å². The van der Waals surface area contributed by atoms with Gasteiger partial charge in [0.15, 0.2) is 11.6 Å². The van der Waals surface area contributed by atoms with Crippen molar-refractivity contribution in [2.24, 2.45) is 0 Å². The monoisotopic (exact) mass is 426 g/mol. The number of rotatable bonds is 4. The average molecular weight is 427 g/mol. The molecule has 0 saturated carbocycles. The summed E-state index contributed by atoms with van der Waals surface area (Å²) < 4.78 is 33.8. The number of aromatic nitrogens is 2. The molecule has 30 heavy (non-hydrogen) atoms. The van der Waals surface area contributed by atoms with Gasteiger partial charge in [0.25, 0.3) is 0 Å². The molecule has 0 spiro atoms. The van der Waals surface area contributed by atoms with Gasteiger partial charge >= 0.3 is 6.03 Å². The third-order valence-electron chi connectivity index (χ3n) is 4.02. The summed E-state index contributed by atoms with van der Waals surface area (Å²) in [7, 11) is 0. The number of urea groups is 1. The van der Waals surface area contributed by atoms with Crippen molar-refractivity contribution in [3.8, 4) is 11.5 Å². The SMILES string of the molecule is O=C(Nc1ccc(Cl)cc1)Nc1cc(F)c(F)c(Oc2ccc3nccnc3c2)c1. The summed E-state index contributed by atoms with van der Waals surface area (Å²) in [6.45, 7) is 0. The van der Waals surface area contributed by atoms with Crippen LogP contribution in [0.5, 0.6) is 11.5 Å². The first-order chi connectivity index (χ1) is 14.5. The van der Waals surface area contributed by atoms with E-state index in [1.165, 1.54) is 12.3 Å². The molecule has 0 atom stereocenters. The number of benzene rings is 3. The Bertz CT molecular complexity index is 1240. The maximum atomic E-state index is 14.2. The van der Waals surface area contributed by atoms with E-state index >= 15 is 0 Å². The molecule has 0 aliphatic carbocycles. The fourth-order valence-electron chi connectivity index (χ4n) is 2.67. The normalized spacial score (nSPS) is 10.6. The largest absolute Gasteiger partial charge is 0.454 e. The van der Waals surface area contributed by atoms with E-state index < -0.39 is 17.7 Å². The average Bonchev–Trinajstić information content (AvgIpc) is 2.73. The van der Waals surface area contributed by atoms with Crippen LogP contribution in [0.4, 0.5) is 25.0 Å². The maximum absolute atomic E-state index is 14.2. The molecule has 1 heterocycles. The van der Waals surface area contributed by atoms with Gasteiger partial charge in [-0.2, -0.15) is 4.39 Å². The number of hydrogen-bond donors (Lipinski definition) is 2. The number of amides is 2. The van der Waals surface area contributed by atoms with Gasteiger partial charge in [-0.15, -0.1) is 0 Å². The summed E-state index contributed by atoms with van der Waals surface area (Å²) in [6, 6.07) is 12.6. The van der Waals surface area contributed by atoms with Gasteiger partial charge in [0, 0.05) is 47.0 Å². The number of nitrogens with zero attached hydrogens (tertiary/aromatic N) is 2. The molecule has 2 amide bonds. The quantitative estimate of drug-likeness (QED) is 0.419. The lowest BCUT2D eigenvalue weighted by molar-refractivity contribution is 0.262. The molecule has 0 aliphatic heterocycles. The summed E-state index contributed by atoms with van der Waals surface area (Å²) in [6.07, 6.45) is 3.05. The van der Waals surface area contributed by atoms with E-state index in [-0.39, 0.29) is 17.2 Å². The zero-order valence-corrected chi connectivity index (χ0v) is 16.0. The molecule has 3 aromatic carbocycles. The number of ether oxygens (including phenoxy) is 1. The maximum Gasteiger partial charge on any atom is 0.323 e. The Kier molecular flexibility index (Phi) is 5.40. The van der Waals surface area contributed by atoms with E-state index in [0.717, 1.165) is 6.07 Å². The number of halogens is 3. The summed E-state index contributed by atoms with van der Waals surface area (Å²) in [5.74, 6) is -2.50. The molecule has 0 radical (unpaired) electrons. The van der Waals surface area contributed by atoms with Crippen molar-refractivity contribution < 1.29 is 18.3 Å². The molecule has 4 rings (SSSR count). The standard InChI is InChI=1S/C21H13ClF2N4O2/c22-12-1-3-13(4-2-12)27-21(29)28-14-9-16(23)20(24)19(10-14)30-15-5-6-17-18(11-15)26-8-7-25-17/h1-11H,(H2,27,28,29). The zero-order chi connectivity index (χ0) is 21.1. The summed E-state index contributed by atoms with van der Waals surface area (Å²) in [4.78, 5) is 20.4. The minimum Gasteiger partial charge on any atom is -0.454 e. The van der Waals surface area contributed by atoms with Gasteiger partial charge < -0.3 is 15.4 Å². The minimum atomic E-state index is -1.18. The lowest BCUT2D eigenvalue weighted by Gasteiger charge is -2.12. The Morgan fingerprint density at radius 3 is 2.33 bits per heavy atom. The second kappa shape index (κ2) is 8.30. The van der Waals surface area contributed by atoms with Crippen LogP contribution in [-0.4, -0.2) is 16.0 Å². The molecule has 0 aliphatic rings. The fourth-order valence-corrected chi connectivity index (χ4v) is 2.80. The first-order valence-corrected chi connectivity index (χ1v) is 9.07. The highest BCUT2D eigenvalue weighted by Gasteiger charge is 2.15. The molecule has 2 N–H and O–H groups in total. The highest BCUT2D eigenvalue weighted by molar-refractivity contribution is 6.30. The third kappa shape index (κ3) is 4.44.